The van der Waals surface area contributed by atoms with E-state index in [2.05, 4.69) is 16.2 Å². The van der Waals surface area contributed by atoms with Crippen molar-refractivity contribution in [3.63, 3.8) is 0 Å². The van der Waals surface area contributed by atoms with E-state index in [1.807, 2.05) is 0 Å². The molecule has 2 N–H and O–H groups in total. The molecule has 1 unspecified atom stereocenters. The second-order valence-electron chi connectivity index (χ2n) is 8.68. The number of rotatable bonds is 9. The zero-order chi connectivity index (χ0) is 28.3. The second kappa shape index (κ2) is 11.3. The van der Waals surface area contributed by atoms with E-state index in [4.69, 9.17) is 22.1 Å². The molecule has 0 bridgehead atoms. The summed E-state index contributed by atoms with van der Waals surface area (Å²) in [6.07, 6.45) is 4.05. The summed E-state index contributed by atoms with van der Waals surface area (Å²) in [7, 11) is 3.12. The van der Waals surface area contributed by atoms with Crippen molar-refractivity contribution in [2.45, 2.75) is 18.9 Å². The highest BCUT2D eigenvalue weighted by molar-refractivity contribution is 6.31. The minimum atomic E-state index is -1.05. The van der Waals surface area contributed by atoms with Crippen molar-refractivity contribution < 1.29 is 18.7 Å². The van der Waals surface area contributed by atoms with Crippen molar-refractivity contribution in [3.05, 3.63) is 98.7 Å². The number of aryl methyl sites for hydroxylation is 1. The van der Waals surface area contributed by atoms with Gasteiger partial charge in [0, 0.05) is 54.5 Å². The van der Waals surface area contributed by atoms with E-state index in [0.717, 1.165) is 6.07 Å². The van der Waals surface area contributed by atoms with Crippen LogP contribution in [0, 0.1) is 17.1 Å². The van der Waals surface area contributed by atoms with Crippen LogP contribution in [-0.2, 0) is 24.7 Å². The van der Waals surface area contributed by atoms with Gasteiger partial charge in [0.05, 0.1) is 30.6 Å². The number of pyridine rings is 2. The molecular weight excluding hydrogens is 527 g/mol. The maximum Gasteiger partial charge on any atom is 0.270 e. The fraction of sp³-hybridized carbons (Fsp3) is 0.185. The molecule has 0 saturated carbocycles. The third-order valence-electron chi connectivity index (χ3n) is 6.04. The summed E-state index contributed by atoms with van der Waals surface area (Å²) in [4.78, 5) is 42.0. The van der Waals surface area contributed by atoms with Gasteiger partial charge in [0.1, 0.15) is 11.8 Å². The lowest BCUT2D eigenvalue weighted by Gasteiger charge is -2.20. The molecule has 1 aromatic carbocycles. The molecule has 0 fully saturated rings. The monoisotopic (exact) mass is 548 g/mol. The Morgan fingerprint density at radius 3 is 2.62 bits per heavy atom. The molecule has 198 valence electrons. The third-order valence-corrected chi connectivity index (χ3v) is 6.28. The lowest BCUT2D eigenvalue weighted by atomic mass is 9.98. The first-order chi connectivity index (χ1) is 18.6. The highest BCUT2D eigenvalue weighted by Crippen LogP contribution is 2.33. The Bertz CT molecular complexity index is 1690. The van der Waals surface area contributed by atoms with Gasteiger partial charge in [-0.15, -0.1) is 0 Å². The van der Waals surface area contributed by atoms with E-state index in [9.17, 15) is 24.0 Å². The molecule has 0 aliphatic carbocycles. The van der Waals surface area contributed by atoms with E-state index in [-0.39, 0.29) is 29.7 Å². The zero-order valence-electron chi connectivity index (χ0n) is 20.9. The molecule has 0 aliphatic rings. The van der Waals surface area contributed by atoms with Crippen LogP contribution in [0.15, 0.2) is 59.8 Å². The van der Waals surface area contributed by atoms with E-state index in [1.165, 1.54) is 36.2 Å². The van der Waals surface area contributed by atoms with Gasteiger partial charge in [-0.2, -0.15) is 10.4 Å². The fourth-order valence-corrected chi connectivity index (χ4v) is 4.37. The van der Waals surface area contributed by atoms with Crippen molar-refractivity contribution in [2.75, 3.05) is 7.11 Å². The van der Waals surface area contributed by atoms with Gasteiger partial charge in [-0.3, -0.25) is 19.1 Å². The number of methoxy groups -OCH3 is 1. The maximum atomic E-state index is 14.3. The normalized spacial score (nSPS) is 11.6. The van der Waals surface area contributed by atoms with Gasteiger partial charge >= 0.3 is 0 Å². The molecule has 0 radical (unpaired) electrons. The number of hydrogen-bond acceptors (Lipinski definition) is 7. The van der Waals surface area contributed by atoms with Gasteiger partial charge in [0.2, 0.25) is 0 Å². The van der Waals surface area contributed by atoms with Gasteiger partial charge in [-0.1, -0.05) is 11.6 Å². The number of carbonyl (C=O) groups is 2. The molecule has 0 saturated heterocycles. The van der Waals surface area contributed by atoms with Crippen molar-refractivity contribution in [2.24, 2.45) is 12.8 Å². The summed E-state index contributed by atoms with van der Waals surface area (Å²) in [6, 6.07) is 9.66. The summed E-state index contributed by atoms with van der Waals surface area (Å²) in [5, 5.41) is 14.3. The number of ketones is 1. The van der Waals surface area contributed by atoms with Gasteiger partial charge < -0.3 is 15.0 Å². The SMILES string of the molecule is COc1cn(C(Cc2ccn(C)n2)C(=O)Cc2cnc(C(N)=O)c(F)c2)c(=O)cc1-c1cc(Cl)ccc1C#N. The highest BCUT2D eigenvalue weighted by Gasteiger charge is 2.26. The van der Waals surface area contributed by atoms with Crippen LogP contribution in [0.2, 0.25) is 5.02 Å². The minimum Gasteiger partial charge on any atom is -0.495 e. The van der Waals surface area contributed by atoms with Crippen LogP contribution < -0.4 is 16.0 Å². The first-order valence-corrected chi connectivity index (χ1v) is 11.9. The summed E-state index contributed by atoms with van der Waals surface area (Å²) in [5.41, 5.74) is 5.78. The van der Waals surface area contributed by atoms with Crippen LogP contribution in [-0.4, -0.2) is 38.1 Å². The number of amides is 1. The number of aromatic nitrogens is 4. The minimum absolute atomic E-state index is 0.0535. The number of Topliss-reactive ketones (excluding diaryl/α,β-unsaturated/α-hetero) is 1. The average Bonchev–Trinajstić information content (AvgIpc) is 3.31. The summed E-state index contributed by atoms with van der Waals surface area (Å²) >= 11 is 6.15. The number of hydrogen-bond donors (Lipinski definition) is 1. The van der Waals surface area contributed by atoms with Gasteiger partial charge in [-0.25, -0.2) is 9.37 Å². The average molecular weight is 549 g/mol. The largest absolute Gasteiger partial charge is 0.495 e. The van der Waals surface area contributed by atoms with E-state index < -0.39 is 34.8 Å². The molecule has 10 nitrogen and oxygen atoms in total. The molecule has 39 heavy (non-hydrogen) atoms. The zero-order valence-corrected chi connectivity index (χ0v) is 21.6. The number of benzene rings is 1. The van der Waals surface area contributed by atoms with Gasteiger partial charge in [0.25, 0.3) is 11.5 Å². The summed E-state index contributed by atoms with van der Waals surface area (Å²) in [5.74, 6) is -2.19. The van der Waals surface area contributed by atoms with Crippen LogP contribution >= 0.6 is 11.6 Å². The fourth-order valence-electron chi connectivity index (χ4n) is 4.19. The molecule has 0 aliphatic heterocycles. The number of ether oxygens (including phenoxy) is 1. The molecule has 1 atom stereocenters. The number of primary amides is 1. The van der Waals surface area contributed by atoms with E-state index in [1.54, 1.807) is 36.1 Å². The Kier molecular flexibility index (Phi) is 7.88. The predicted molar refractivity (Wildman–Crippen MR) is 140 cm³/mol. The lowest BCUT2D eigenvalue weighted by molar-refractivity contribution is -0.121. The number of carbonyl (C=O) groups excluding carboxylic acids is 2. The Balaban J connectivity index is 1.79. The molecule has 3 aromatic heterocycles. The topological polar surface area (TPSA) is 146 Å². The van der Waals surface area contributed by atoms with Crippen LogP contribution in [0.3, 0.4) is 0 Å². The molecule has 4 aromatic rings. The standard InChI is InChI=1S/C27H22ClFN6O4/c1-34-6-5-18(33-34)10-22(23(36)8-15-7-21(29)26(27(31)38)32-13-15)35-14-24(39-2)20(11-25(35)37)19-9-17(28)4-3-16(19)12-30/h3-7,9,11,13-14,22H,8,10H2,1-2H3,(H2,31,38). The quantitative estimate of drug-likeness (QED) is 0.338. The van der Waals surface area contributed by atoms with Crippen LogP contribution in [0.5, 0.6) is 5.75 Å². The highest BCUT2D eigenvalue weighted by atomic mass is 35.5. The van der Waals surface area contributed by atoms with Gasteiger partial charge in [-0.05, 0) is 35.9 Å². The van der Waals surface area contributed by atoms with E-state index >= 15 is 0 Å². The second-order valence-corrected chi connectivity index (χ2v) is 9.12. The van der Waals surface area contributed by atoms with Crippen LogP contribution in [0.25, 0.3) is 11.1 Å². The predicted octanol–water partition coefficient (Wildman–Crippen LogP) is 3.01. The first kappa shape index (κ1) is 27.2. The number of nitrogens with two attached hydrogens (primary N) is 1. The molecule has 0 spiro atoms. The van der Waals surface area contributed by atoms with Crippen molar-refractivity contribution in [3.8, 4) is 22.9 Å². The van der Waals surface area contributed by atoms with E-state index in [0.29, 0.717) is 21.8 Å². The van der Waals surface area contributed by atoms with Gasteiger partial charge in [0.15, 0.2) is 17.3 Å². The molecule has 1 amide bonds. The Morgan fingerprint density at radius 1 is 1.23 bits per heavy atom. The molecular formula is C27H22ClFN6O4. The Labute approximate surface area is 227 Å². The third kappa shape index (κ3) is 5.86. The number of halogens is 2. The van der Waals surface area contributed by atoms with Crippen molar-refractivity contribution >= 4 is 23.3 Å². The Hall–Kier alpha value is -4.82. The summed E-state index contributed by atoms with van der Waals surface area (Å²) in [6.45, 7) is 0. The van der Waals surface area contributed by atoms with Crippen molar-refractivity contribution in [1.82, 2.24) is 19.3 Å². The smallest absolute Gasteiger partial charge is 0.270 e. The molecule has 12 heteroatoms. The van der Waals surface area contributed by atoms with Crippen LogP contribution in [0.4, 0.5) is 4.39 Å². The number of nitriles is 1. The Morgan fingerprint density at radius 2 is 2.00 bits per heavy atom. The van der Waals surface area contributed by atoms with Crippen LogP contribution in [0.1, 0.15) is 33.4 Å². The lowest BCUT2D eigenvalue weighted by Crippen LogP contribution is -2.32. The van der Waals surface area contributed by atoms with Crippen molar-refractivity contribution in [1.29, 1.82) is 5.26 Å². The molecule has 4 rings (SSSR count). The first-order valence-electron chi connectivity index (χ1n) is 11.6. The number of nitrogens with zero attached hydrogens (tertiary/aromatic N) is 5. The maximum absolute atomic E-state index is 14.3. The molecule has 3 heterocycles. The summed E-state index contributed by atoms with van der Waals surface area (Å²) < 4.78 is 22.6.